The zero-order valence-corrected chi connectivity index (χ0v) is 40.3. The fourth-order valence-corrected chi connectivity index (χ4v) is 11.9. The maximum atomic E-state index is 5.55. The average Bonchev–Trinajstić information content (AvgIpc) is 3.88. The van der Waals surface area contributed by atoms with Crippen LogP contribution in [0.5, 0.6) is 0 Å². The Morgan fingerprint density at radius 2 is 1.01 bits per heavy atom. The number of benzene rings is 8. The second-order valence-electron chi connectivity index (χ2n) is 18.8. The first kappa shape index (κ1) is 42.5. The first-order valence-electron chi connectivity index (χ1n) is 24.1. The third-order valence-corrected chi connectivity index (χ3v) is 15.5. The second-order valence-corrected chi connectivity index (χ2v) is 20.1. The lowest BCUT2D eigenvalue weighted by Crippen LogP contribution is -2.18. The van der Waals surface area contributed by atoms with Gasteiger partial charge in [-0.05, 0) is 132 Å². The van der Waals surface area contributed by atoms with Gasteiger partial charge in [0.1, 0.15) is 5.78 Å². The van der Waals surface area contributed by atoms with Crippen molar-refractivity contribution >= 4 is 58.9 Å². The van der Waals surface area contributed by atoms with Gasteiger partial charge in [-0.2, -0.15) is 0 Å². The van der Waals surface area contributed by atoms with Crippen molar-refractivity contribution < 1.29 is 0 Å². The molecular formula is C64H47N6P. The molecule has 2 unspecified atom stereocenters. The van der Waals surface area contributed by atoms with Gasteiger partial charge in [-0.15, -0.1) is 0 Å². The molecule has 2 atom stereocenters. The fraction of sp³-hybridized carbons (Fsp3) is 0.0625. The summed E-state index contributed by atoms with van der Waals surface area (Å²) in [5.41, 5.74) is 19.8. The zero-order valence-electron chi connectivity index (χ0n) is 39.3. The molecular weight excluding hydrogens is 884 g/mol. The van der Waals surface area contributed by atoms with Crippen LogP contribution in [-0.2, 0) is 5.41 Å². The molecule has 338 valence electrons. The summed E-state index contributed by atoms with van der Waals surface area (Å²) in [6.45, 7) is 4.70. The van der Waals surface area contributed by atoms with Gasteiger partial charge < -0.3 is 4.90 Å². The summed E-state index contributed by atoms with van der Waals surface area (Å²) in [6, 6.07) is 80.3. The molecule has 1 aliphatic carbocycles. The molecule has 0 amide bonds. The maximum absolute atomic E-state index is 5.55. The van der Waals surface area contributed by atoms with E-state index in [-0.39, 0.29) is 11.2 Å². The van der Waals surface area contributed by atoms with Gasteiger partial charge in [0.25, 0.3) is 0 Å². The van der Waals surface area contributed by atoms with Gasteiger partial charge in [-0.1, -0.05) is 153 Å². The van der Waals surface area contributed by atoms with E-state index in [4.69, 9.17) is 20.0 Å². The highest BCUT2D eigenvalue weighted by molar-refractivity contribution is 7.59. The van der Waals surface area contributed by atoms with Gasteiger partial charge in [-0.25, -0.2) is 9.98 Å². The van der Waals surface area contributed by atoms with Crippen LogP contribution in [0.4, 0.5) is 17.1 Å². The Hall–Kier alpha value is -8.57. The third-order valence-electron chi connectivity index (χ3n) is 14.1. The summed E-state index contributed by atoms with van der Waals surface area (Å²) in [6.07, 6.45) is 3.70. The highest BCUT2D eigenvalue weighted by Crippen LogP contribution is 2.52. The Balaban J connectivity index is 1.00. The van der Waals surface area contributed by atoms with E-state index < -0.39 is 0 Å². The van der Waals surface area contributed by atoms with Gasteiger partial charge in [0.2, 0.25) is 5.96 Å². The Morgan fingerprint density at radius 1 is 0.451 bits per heavy atom. The molecule has 0 spiro atoms. The van der Waals surface area contributed by atoms with Crippen molar-refractivity contribution in [1.29, 1.82) is 0 Å². The summed E-state index contributed by atoms with van der Waals surface area (Å²) in [5, 5.41) is 2.33. The molecule has 0 fully saturated rings. The van der Waals surface area contributed by atoms with Gasteiger partial charge in [0.15, 0.2) is 0 Å². The summed E-state index contributed by atoms with van der Waals surface area (Å²) in [5.74, 6) is 0.636. The molecule has 2 aliphatic rings. The van der Waals surface area contributed by atoms with Gasteiger partial charge in [0.05, 0.1) is 27.9 Å². The predicted octanol–water partition coefficient (Wildman–Crippen LogP) is 16.4. The van der Waals surface area contributed by atoms with Crippen molar-refractivity contribution in [3.05, 3.63) is 259 Å². The molecule has 0 bridgehead atoms. The van der Waals surface area contributed by atoms with E-state index in [0.717, 1.165) is 78.1 Å². The van der Waals surface area contributed by atoms with Gasteiger partial charge in [-0.3, -0.25) is 14.5 Å². The first-order valence-corrected chi connectivity index (χ1v) is 25.2. The molecule has 13 rings (SSSR count). The van der Waals surface area contributed by atoms with Crippen LogP contribution < -0.4 is 4.90 Å². The van der Waals surface area contributed by atoms with E-state index >= 15 is 0 Å². The molecule has 8 aromatic carbocycles. The normalized spacial score (nSPS) is 15.0. The minimum absolute atomic E-state index is 0.0687. The number of aromatic nitrogens is 3. The third kappa shape index (κ3) is 7.56. The Morgan fingerprint density at radius 3 is 1.68 bits per heavy atom. The van der Waals surface area contributed by atoms with Crippen LogP contribution in [0.15, 0.2) is 247 Å². The molecule has 71 heavy (non-hydrogen) atoms. The standard InChI is InChI=1S/C64H47N6P/c1-64(2)55-29-10-9-28-51(55)52-40-54-53-39-45(32-33-59(53)70(60(54)41-56(52)64)63-67-61(42-18-5-3-6-19-42)71-62(68-63)43-20-7-4-8-21-43)44-22-15-25-48(36-44)69(49-26-16-23-46(37-49)57-30-11-13-34-65-57)50-27-17-24-47(38-50)58-31-12-14-35-66-58/h3-41,61,71H,1-2H3. The maximum Gasteiger partial charge on any atom is 0.231 e. The smallest absolute Gasteiger partial charge is 0.231 e. The number of aliphatic imine (C=N–C) groups is 2. The quantitative estimate of drug-likeness (QED) is 0.143. The van der Waals surface area contributed by atoms with E-state index in [0.29, 0.717) is 14.5 Å². The number of hydrogen-bond acceptors (Lipinski definition) is 5. The molecule has 1 aliphatic heterocycles. The van der Waals surface area contributed by atoms with Crippen molar-refractivity contribution in [3.63, 3.8) is 0 Å². The van der Waals surface area contributed by atoms with Crippen molar-refractivity contribution in [2.24, 2.45) is 9.98 Å². The van der Waals surface area contributed by atoms with E-state index in [1.807, 2.05) is 36.7 Å². The monoisotopic (exact) mass is 930 g/mol. The summed E-state index contributed by atoms with van der Waals surface area (Å²) < 4.78 is 2.33. The van der Waals surface area contributed by atoms with Crippen molar-refractivity contribution in [3.8, 4) is 44.8 Å². The molecule has 6 nitrogen and oxygen atoms in total. The largest absolute Gasteiger partial charge is 0.310 e. The molecule has 0 radical (unpaired) electrons. The topological polar surface area (TPSA) is 58.7 Å². The van der Waals surface area contributed by atoms with Crippen molar-refractivity contribution in [2.45, 2.75) is 25.0 Å². The van der Waals surface area contributed by atoms with E-state index in [1.54, 1.807) is 0 Å². The van der Waals surface area contributed by atoms with Crippen LogP contribution >= 0.6 is 8.58 Å². The molecule has 7 heteroatoms. The van der Waals surface area contributed by atoms with E-state index in [2.05, 4.69) is 224 Å². The summed E-state index contributed by atoms with van der Waals surface area (Å²) >= 11 is 0. The summed E-state index contributed by atoms with van der Waals surface area (Å²) in [4.78, 5) is 22.8. The molecule has 3 aromatic heterocycles. The van der Waals surface area contributed by atoms with Crippen LogP contribution in [0.1, 0.15) is 41.9 Å². The number of rotatable bonds is 8. The van der Waals surface area contributed by atoms with Gasteiger partial charge in [0, 0.05) is 62.3 Å². The first-order chi connectivity index (χ1) is 34.9. The second kappa shape index (κ2) is 17.4. The average molecular weight is 931 g/mol. The van der Waals surface area contributed by atoms with E-state index in [9.17, 15) is 0 Å². The predicted molar refractivity (Wildman–Crippen MR) is 297 cm³/mol. The minimum atomic E-state index is -0.187. The van der Waals surface area contributed by atoms with Crippen LogP contribution in [0, 0.1) is 0 Å². The lowest BCUT2D eigenvalue weighted by Gasteiger charge is -2.27. The van der Waals surface area contributed by atoms with Crippen LogP contribution in [0.3, 0.4) is 0 Å². The molecule has 11 aromatic rings. The van der Waals surface area contributed by atoms with E-state index in [1.165, 1.54) is 33.2 Å². The van der Waals surface area contributed by atoms with Crippen LogP contribution in [0.25, 0.3) is 66.6 Å². The number of pyridine rings is 2. The molecule has 4 heterocycles. The SMILES string of the molecule is CC1(C)c2ccccc2-c2cc3c4cc(-c5cccc(N(c6cccc(-c7ccccn7)c6)c6cccc(-c7ccccn7)c6)c5)ccc4n(C4=NC(c5ccccc5)PC(c5ccccc5)=N4)c3cc21. The lowest BCUT2D eigenvalue weighted by molar-refractivity contribution is 0.661. The summed E-state index contributed by atoms with van der Waals surface area (Å²) in [7, 11) is 0.384. The number of fused-ring (bicyclic) bond motifs is 6. The van der Waals surface area contributed by atoms with Crippen molar-refractivity contribution in [1.82, 2.24) is 14.5 Å². The Kier molecular flexibility index (Phi) is 10.4. The number of anilines is 3. The highest BCUT2D eigenvalue weighted by atomic mass is 31.1. The number of nitrogens with zero attached hydrogens (tertiary/aromatic N) is 6. The number of hydrogen-bond donors (Lipinski definition) is 0. The molecule has 0 N–H and O–H groups in total. The molecule has 0 saturated heterocycles. The van der Waals surface area contributed by atoms with Gasteiger partial charge >= 0.3 is 0 Å². The zero-order chi connectivity index (χ0) is 47.5. The molecule has 0 saturated carbocycles. The highest BCUT2D eigenvalue weighted by Gasteiger charge is 2.36. The van der Waals surface area contributed by atoms with Crippen LogP contribution in [-0.4, -0.2) is 25.9 Å². The lowest BCUT2D eigenvalue weighted by atomic mass is 9.82. The minimum Gasteiger partial charge on any atom is -0.310 e. The van der Waals surface area contributed by atoms with Crippen molar-refractivity contribution in [2.75, 3.05) is 4.90 Å². The Labute approximate surface area is 415 Å². The van der Waals surface area contributed by atoms with Crippen LogP contribution in [0.2, 0.25) is 0 Å². The Bertz CT molecular complexity index is 3800. The fourth-order valence-electron chi connectivity index (χ4n) is 10.6.